The third-order valence-electron chi connectivity index (χ3n) is 12.9. The van der Waals surface area contributed by atoms with Gasteiger partial charge in [0, 0.05) is 0 Å². The Morgan fingerprint density at radius 2 is 0.678 bits per heavy atom. The van der Waals surface area contributed by atoms with Crippen LogP contribution in [0.3, 0.4) is 0 Å². The molecule has 274 valence electrons. The van der Waals surface area contributed by atoms with Gasteiger partial charge in [0.2, 0.25) is 0 Å². The maximum atomic E-state index is 2.48. The molecule has 0 N–H and O–H groups in total. The van der Waals surface area contributed by atoms with Crippen LogP contribution in [0, 0.1) is 0 Å². The van der Waals surface area contributed by atoms with Crippen LogP contribution in [0.2, 0.25) is 0 Å². The zero-order valence-electron chi connectivity index (χ0n) is 32.4. The molecule has 0 nitrogen and oxygen atoms in total. The molecule has 0 aliphatic heterocycles. The van der Waals surface area contributed by atoms with Crippen LogP contribution in [-0.4, -0.2) is 0 Å². The summed E-state index contributed by atoms with van der Waals surface area (Å²) in [6.07, 6.45) is 0. The number of hydrogen-bond donors (Lipinski definition) is 0. The Morgan fingerprint density at radius 1 is 0.237 bits per heavy atom. The van der Waals surface area contributed by atoms with E-state index in [1.165, 1.54) is 110 Å². The molecule has 12 rings (SSSR count). The Bertz CT molecular complexity index is 3390. The Labute approximate surface area is 344 Å². The topological polar surface area (TPSA) is 0 Å². The van der Waals surface area contributed by atoms with E-state index in [9.17, 15) is 0 Å². The molecule has 1 aliphatic carbocycles. The van der Waals surface area contributed by atoms with Gasteiger partial charge in [-0.05, 0) is 134 Å². The quantitative estimate of drug-likeness (QED) is 0.154. The molecular weight excluding hydrogens is 709 g/mol. The van der Waals surface area contributed by atoms with Gasteiger partial charge in [0.1, 0.15) is 0 Å². The summed E-state index contributed by atoms with van der Waals surface area (Å²) in [6, 6.07) is 85.8. The minimum Gasteiger partial charge on any atom is -0.0622 e. The highest BCUT2D eigenvalue weighted by molar-refractivity contribution is 6.22. The molecule has 0 fully saturated rings. The molecule has 0 unspecified atom stereocenters. The predicted octanol–water partition coefficient (Wildman–Crippen LogP) is 15.7. The van der Waals surface area contributed by atoms with Crippen LogP contribution in [0.15, 0.2) is 231 Å². The summed E-state index contributed by atoms with van der Waals surface area (Å²) in [7, 11) is 0. The van der Waals surface area contributed by atoms with Crippen molar-refractivity contribution >= 4 is 43.1 Å². The minimum atomic E-state index is -0.461. The summed E-state index contributed by atoms with van der Waals surface area (Å²) in [5.74, 6) is 0. The van der Waals surface area contributed by atoms with Gasteiger partial charge >= 0.3 is 0 Å². The molecule has 0 spiro atoms. The molecule has 11 aromatic rings. The van der Waals surface area contributed by atoms with Crippen LogP contribution < -0.4 is 0 Å². The zero-order chi connectivity index (χ0) is 38.9. The fraction of sp³-hybridized carbons (Fsp3) is 0.0169. The largest absolute Gasteiger partial charge is 0.0713 e. The molecule has 0 radical (unpaired) electrons. The number of fused-ring (bicyclic) bond motifs is 7. The van der Waals surface area contributed by atoms with Crippen LogP contribution in [0.1, 0.15) is 22.3 Å². The highest BCUT2D eigenvalue weighted by atomic mass is 14.5. The summed E-state index contributed by atoms with van der Waals surface area (Å²) in [4.78, 5) is 0. The van der Waals surface area contributed by atoms with Crippen molar-refractivity contribution in [1.82, 2.24) is 0 Å². The van der Waals surface area contributed by atoms with E-state index in [1.54, 1.807) is 0 Å². The first-order valence-corrected chi connectivity index (χ1v) is 20.6. The third-order valence-corrected chi connectivity index (χ3v) is 12.9. The molecule has 0 saturated heterocycles. The standard InChI is InChI=1S/C59H38/c1-3-19-47(20-4-1)59(48-21-5-2-6-22-48)55-26-14-13-23-49(55)50-33-31-44(38-56(50)59)43-32-34-53-54(37-43)58(46-30-28-40-16-8-10-18-42(40)36-46)52-25-12-11-24-51(52)57(53)45-29-27-39-15-7-9-17-41(39)35-45/h1-38H. The highest BCUT2D eigenvalue weighted by Crippen LogP contribution is 2.57. The fourth-order valence-corrected chi connectivity index (χ4v) is 10.3. The lowest BCUT2D eigenvalue weighted by Crippen LogP contribution is -2.28. The molecular formula is C59H38. The van der Waals surface area contributed by atoms with E-state index in [0.29, 0.717) is 0 Å². The van der Waals surface area contributed by atoms with Gasteiger partial charge in [-0.25, -0.2) is 0 Å². The first-order chi connectivity index (χ1) is 29.3. The highest BCUT2D eigenvalue weighted by Gasteiger charge is 2.46. The van der Waals surface area contributed by atoms with E-state index < -0.39 is 5.41 Å². The molecule has 0 bridgehead atoms. The first kappa shape index (κ1) is 33.6. The molecule has 1 aliphatic rings. The smallest absolute Gasteiger partial charge is 0.0622 e. The van der Waals surface area contributed by atoms with Gasteiger partial charge in [0.15, 0.2) is 0 Å². The maximum absolute atomic E-state index is 2.48. The van der Waals surface area contributed by atoms with E-state index in [1.807, 2.05) is 0 Å². The molecule has 0 heteroatoms. The van der Waals surface area contributed by atoms with Crippen molar-refractivity contribution in [3.05, 3.63) is 253 Å². The van der Waals surface area contributed by atoms with Crippen LogP contribution in [0.25, 0.3) is 87.6 Å². The molecule has 0 saturated carbocycles. The summed E-state index contributed by atoms with van der Waals surface area (Å²) >= 11 is 0. The lowest BCUT2D eigenvalue weighted by Gasteiger charge is -2.34. The van der Waals surface area contributed by atoms with Gasteiger partial charge in [0.05, 0.1) is 5.41 Å². The van der Waals surface area contributed by atoms with Crippen molar-refractivity contribution in [2.45, 2.75) is 5.41 Å². The summed E-state index contributed by atoms with van der Waals surface area (Å²) in [5, 5.41) is 10.0. The predicted molar refractivity (Wildman–Crippen MR) is 250 cm³/mol. The van der Waals surface area contributed by atoms with Gasteiger partial charge in [0.25, 0.3) is 0 Å². The molecule has 0 atom stereocenters. The number of rotatable bonds is 5. The van der Waals surface area contributed by atoms with Crippen LogP contribution in [-0.2, 0) is 5.41 Å². The molecule has 0 aromatic heterocycles. The second kappa shape index (κ2) is 13.3. The van der Waals surface area contributed by atoms with Gasteiger partial charge in [-0.1, -0.05) is 206 Å². The monoisotopic (exact) mass is 746 g/mol. The number of benzene rings is 11. The Hall–Kier alpha value is -7.54. The van der Waals surface area contributed by atoms with Crippen LogP contribution >= 0.6 is 0 Å². The summed E-state index contributed by atoms with van der Waals surface area (Å²) in [5.41, 5.74) is 14.7. The number of hydrogen-bond acceptors (Lipinski definition) is 0. The second-order valence-electron chi connectivity index (χ2n) is 16.0. The first-order valence-electron chi connectivity index (χ1n) is 20.6. The van der Waals surface area contributed by atoms with Crippen molar-refractivity contribution in [2.24, 2.45) is 0 Å². The molecule has 59 heavy (non-hydrogen) atoms. The lowest BCUT2D eigenvalue weighted by molar-refractivity contribution is 0.769. The minimum absolute atomic E-state index is 0.461. The molecule has 0 heterocycles. The van der Waals surface area contributed by atoms with Crippen molar-refractivity contribution in [3.63, 3.8) is 0 Å². The lowest BCUT2D eigenvalue weighted by atomic mass is 9.67. The van der Waals surface area contributed by atoms with Crippen molar-refractivity contribution in [3.8, 4) is 44.5 Å². The maximum Gasteiger partial charge on any atom is 0.0713 e. The van der Waals surface area contributed by atoms with Crippen molar-refractivity contribution < 1.29 is 0 Å². The van der Waals surface area contributed by atoms with Gasteiger partial charge in [-0.3, -0.25) is 0 Å². The SMILES string of the molecule is c1ccc(C2(c3ccccc3)c3ccccc3-c3ccc(-c4ccc5c(-c6ccc7ccccc7c6)c6ccccc6c(-c6ccc7ccccc7c6)c5c4)cc32)cc1. The van der Waals surface area contributed by atoms with E-state index in [4.69, 9.17) is 0 Å². The fourth-order valence-electron chi connectivity index (χ4n) is 10.3. The Morgan fingerprint density at radius 3 is 1.31 bits per heavy atom. The van der Waals surface area contributed by atoms with Gasteiger partial charge in [-0.2, -0.15) is 0 Å². The second-order valence-corrected chi connectivity index (χ2v) is 16.0. The van der Waals surface area contributed by atoms with E-state index in [0.717, 1.165) is 0 Å². The van der Waals surface area contributed by atoms with Crippen molar-refractivity contribution in [2.75, 3.05) is 0 Å². The average Bonchev–Trinajstić information content (AvgIpc) is 3.61. The van der Waals surface area contributed by atoms with E-state index >= 15 is 0 Å². The summed E-state index contributed by atoms with van der Waals surface area (Å²) < 4.78 is 0. The van der Waals surface area contributed by atoms with Gasteiger partial charge in [-0.15, -0.1) is 0 Å². The Kier molecular flexibility index (Phi) is 7.55. The van der Waals surface area contributed by atoms with Crippen LogP contribution in [0.4, 0.5) is 0 Å². The van der Waals surface area contributed by atoms with E-state index in [2.05, 4.69) is 231 Å². The zero-order valence-corrected chi connectivity index (χ0v) is 32.4. The third kappa shape index (κ3) is 5.10. The molecule has 11 aromatic carbocycles. The van der Waals surface area contributed by atoms with Gasteiger partial charge < -0.3 is 0 Å². The normalized spacial score (nSPS) is 12.9. The Balaban J connectivity index is 1.15. The average molecular weight is 747 g/mol. The molecule has 0 amide bonds. The summed E-state index contributed by atoms with van der Waals surface area (Å²) in [6.45, 7) is 0. The van der Waals surface area contributed by atoms with Crippen LogP contribution in [0.5, 0.6) is 0 Å². The van der Waals surface area contributed by atoms with Crippen molar-refractivity contribution in [1.29, 1.82) is 0 Å². The van der Waals surface area contributed by atoms with E-state index in [-0.39, 0.29) is 0 Å².